The normalized spacial score (nSPS) is 28.4. The number of carbonyl (C=O) groups excluding carboxylic acids is 1. The summed E-state index contributed by atoms with van der Waals surface area (Å²) in [5, 5.41) is 12.0. The molecule has 120 valence electrons. The fraction of sp³-hybridized carbons (Fsp3) is 0.857. The van der Waals surface area contributed by atoms with Gasteiger partial charge in [0, 0.05) is 45.3 Å². The van der Waals surface area contributed by atoms with Gasteiger partial charge in [-0.05, 0) is 26.9 Å². The van der Waals surface area contributed by atoms with E-state index in [1.54, 1.807) is 4.90 Å². The number of amides is 2. The number of nitrogens with one attached hydrogen (secondary N) is 1. The second-order valence-corrected chi connectivity index (χ2v) is 6.21. The Kier molecular flexibility index (Phi) is 5.41. The van der Waals surface area contributed by atoms with Crippen molar-refractivity contribution in [3.63, 3.8) is 0 Å². The number of hydrogen-bond donors (Lipinski definition) is 2. The minimum Gasteiger partial charge on any atom is -0.481 e. The molecule has 21 heavy (non-hydrogen) atoms. The van der Waals surface area contributed by atoms with Crippen LogP contribution in [0.15, 0.2) is 0 Å². The van der Waals surface area contributed by atoms with Crippen LogP contribution < -0.4 is 5.32 Å². The smallest absolute Gasteiger partial charge is 0.317 e. The molecule has 2 rings (SSSR count). The third-order valence-corrected chi connectivity index (χ3v) is 4.53. The maximum atomic E-state index is 12.2. The zero-order valence-corrected chi connectivity index (χ0v) is 12.9. The second-order valence-electron chi connectivity index (χ2n) is 6.21. The van der Waals surface area contributed by atoms with Crippen molar-refractivity contribution in [2.45, 2.75) is 18.9 Å². The molecule has 2 aliphatic heterocycles. The second kappa shape index (κ2) is 7.09. The number of carbonyl (C=O) groups is 2. The van der Waals surface area contributed by atoms with Gasteiger partial charge in [0.15, 0.2) is 0 Å². The molecule has 0 saturated carbocycles. The average Bonchev–Trinajstić information content (AvgIpc) is 2.48. The van der Waals surface area contributed by atoms with Crippen molar-refractivity contribution >= 4 is 12.0 Å². The van der Waals surface area contributed by atoms with Gasteiger partial charge in [0.1, 0.15) is 0 Å². The first-order chi connectivity index (χ1) is 9.97. The summed E-state index contributed by atoms with van der Waals surface area (Å²) in [6, 6.07) is 0.176. The summed E-state index contributed by atoms with van der Waals surface area (Å²) in [6.07, 6.45) is 1.42. The van der Waals surface area contributed by atoms with E-state index >= 15 is 0 Å². The molecule has 2 fully saturated rings. The molecule has 0 aromatic carbocycles. The third kappa shape index (κ3) is 4.31. The van der Waals surface area contributed by atoms with Crippen molar-refractivity contribution in [3.8, 4) is 0 Å². The lowest BCUT2D eigenvalue weighted by atomic mass is 9.99. The van der Waals surface area contributed by atoms with Gasteiger partial charge < -0.3 is 20.2 Å². The van der Waals surface area contributed by atoms with E-state index in [1.807, 2.05) is 0 Å². The molecule has 7 nitrogen and oxygen atoms in total. The van der Waals surface area contributed by atoms with Gasteiger partial charge in [-0.2, -0.15) is 0 Å². The van der Waals surface area contributed by atoms with Crippen LogP contribution in [0.1, 0.15) is 12.8 Å². The number of piperazine rings is 1. The monoisotopic (exact) mass is 298 g/mol. The molecule has 1 unspecified atom stereocenters. The number of likely N-dealkylation sites (tertiary alicyclic amines) is 1. The standard InChI is InChI=1S/C14H26N4O3/c1-16-6-7-17(2)12(10-16)8-15-14(21)18-5-3-4-11(9-18)13(19)20/h11-12H,3-10H2,1-2H3,(H,15,21)(H,19,20)/t11-,12?/m1/s1. The van der Waals surface area contributed by atoms with Gasteiger partial charge in [-0.3, -0.25) is 9.69 Å². The van der Waals surface area contributed by atoms with E-state index in [1.165, 1.54) is 0 Å². The minimum absolute atomic E-state index is 0.137. The number of nitrogens with zero attached hydrogens (tertiary/aromatic N) is 3. The van der Waals surface area contributed by atoms with Crippen LogP contribution in [0, 0.1) is 5.92 Å². The molecule has 2 amide bonds. The van der Waals surface area contributed by atoms with Crippen molar-refractivity contribution in [1.82, 2.24) is 20.0 Å². The van der Waals surface area contributed by atoms with Gasteiger partial charge in [-0.25, -0.2) is 4.79 Å². The molecular weight excluding hydrogens is 272 g/mol. The highest BCUT2D eigenvalue weighted by molar-refractivity contribution is 5.76. The first-order valence-corrected chi connectivity index (χ1v) is 7.61. The zero-order valence-electron chi connectivity index (χ0n) is 12.9. The van der Waals surface area contributed by atoms with Crippen LogP contribution in [0.25, 0.3) is 0 Å². The lowest BCUT2D eigenvalue weighted by Gasteiger charge is -2.38. The van der Waals surface area contributed by atoms with Crippen LogP contribution in [-0.4, -0.2) is 91.2 Å². The Morgan fingerprint density at radius 3 is 2.67 bits per heavy atom. The molecule has 0 aromatic rings. The molecule has 0 radical (unpaired) electrons. The van der Waals surface area contributed by atoms with Crippen molar-refractivity contribution in [2.24, 2.45) is 5.92 Å². The molecule has 7 heteroatoms. The summed E-state index contributed by atoms with van der Waals surface area (Å²) in [6.45, 7) is 4.56. The van der Waals surface area contributed by atoms with Crippen LogP contribution in [0.5, 0.6) is 0 Å². The highest BCUT2D eigenvalue weighted by Gasteiger charge is 2.29. The van der Waals surface area contributed by atoms with Crippen molar-refractivity contribution < 1.29 is 14.7 Å². The zero-order chi connectivity index (χ0) is 15.4. The molecule has 2 saturated heterocycles. The fourth-order valence-corrected chi connectivity index (χ4v) is 3.00. The van der Waals surface area contributed by atoms with Crippen molar-refractivity contribution in [3.05, 3.63) is 0 Å². The lowest BCUT2D eigenvalue weighted by molar-refractivity contribution is -0.143. The number of rotatable bonds is 3. The van der Waals surface area contributed by atoms with Crippen molar-refractivity contribution in [2.75, 3.05) is 53.4 Å². The molecule has 2 N–H and O–H groups in total. The molecule has 0 aromatic heterocycles. The first kappa shape index (κ1) is 16.0. The Hall–Kier alpha value is -1.34. The highest BCUT2D eigenvalue weighted by Crippen LogP contribution is 2.16. The number of carboxylic acids is 1. The van der Waals surface area contributed by atoms with Crippen LogP contribution in [0.4, 0.5) is 4.79 Å². The van der Waals surface area contributed by atoms with Gasteiger partial charge in [0.05, 0.1) is 5.92 Å². The highest BCUT2D eigenvalue weighted by atomic mass is 16.4. The summed E-state index contributed by atoms with van der Waals surface area (Å²) >= 11 is 0. The Labute approximate surface area is 125 Å². The van der Waals surface area contributed by atoms with E-state index in [9.17, 15) is 9.59 Å². The molecule has 2 atom stereocenters. The van der Waals surface area contributed by atoms with E-state index in [2.05, 4.69) is 29.2 Å². The maximum absolute atomic E-state index is 12.2. The lowest BCUT2D eigenvalue weighted by Crippen LogP contribution is -2.56. The summed E-state index contributed by atoms with van der Waals surface area (Å²) in [5.74, 6) is -1.23. The fourth-order valence-electron chi connectivity index (χ4n) is 3.00. The van der Waals surface area contributed by atoms with Crippen LogP contribution in [-0.2, 0) is 4.79 Å². The van der Waals surface area contributed by atoms with Crippen LogP contribution in [0.3, 0.4) is 0 Å². The predicted molar refractivity (Wildman–Crippen MR) is 79.2 cm³/mol. The van der Waals surface area contributed by atoms with E-state index < -0.39 is 11.9 Å². The third-order valence-electron chi connectivity index (χ3n) is 4.53. The van der Waals surface area contributed by atoms with Crippen molar-refractivity contribution in [1.29, 1.82) is 0 Å². The van der Waals surface area contributed by atoms with Gasteiger partial charge >= 0.3 is 12.0 Å². The van der Waals surface area contributed by atoms with Crippen LogP contribution >= 0.6 is 0 Å². The number of hydrogen-bond acceptors (Lipinski definition) is 4. The molecule has 0 aliphatic carbocycles. The molecule has 2 aliphatic rings. The quantitative estimate of drug-likeness (QED) is 0.751. The maximum Gasteiger partial charge on any atom is 0.317 e. The summed E-state index contributed by atoms with van der Waals surface area (Å²) in [5.41, 5.74) is 0. The first-order valence-electron chi connectivity index (χ1n) is 7.61. The Bertz CT molecular complexity index is 390. The minimum atomic E-state index is -0.805. The van der Waals surface area contributed by atoms with Gasteiger partial charge in [-0.1, -0.05) is 0 Å². The van der Waals surface area contributed by atoms with Gasteiger partial charge in [0.25, 0.3) is 0 Å². The van der Waals surface area contributed by atoms with E-state index in [-0.39, 0.29) is 6.03 Å². The number of aliphatic carboxylic acids is 1. The summed E-state index contributed by atoms with van der Waals surface area (Å²) < 4.78 is 0. The largest absolute Gasteiger partial charge is 0.481 e. The number of piperidine rings is 1. The molecule has 0 bridgehead atoms. The van der Waals surface area contributed by atoms with E-state index in [0.717, 1.165) is 26.1 Å². The topological polar surface area (TPSA) is 76.1 Å². The average molecular weight is 298 g/mol. The Balaban J connectivity index is 1.79. The number of carboxylic acid groups (broad SMARTS) is 1. The summed E-state index contributed by atoms with van der Waals surface area (Å²) in [4.78, 5) is 29.4. The Morgan fingerprint density at radius 2 is 1.95 bits per heavy atom. The molecule has 0 spiro atoms. The molecule has 2 heterocycles. The Morgan fingerprint density at radius 1 is 1.19 bits per heavy atom. The molecular formula is C14H26N4O3. The number of urea groups is 1. The van der Waals surface area contributed by atoms with Gasteiger partial charge in [-0.15, -0.1) is 0 Å². The van der Waals surface area contributed by atoms with Crippen LogP contribution in [0.2, 0.25) is 0 Å². The summed E-state index contributed by atoms with van der Waals surface area (Å²) in [7, 11) is 4.16. The SMILES string of the molecule is CN1CCN(C)C(CNC(=O)N2CCC[C@@H](C(=O)O)C2)C1. The van der Waals surface area contributed by atoms with E-state index in [0.29, 0.717) is 32.1 Å². The van der Waals surface area contributed by atoms with Gasteiger partial charge in [0.2, 0.25) is 0 Å². The van der Waals surface area contributed by atoms with E-state index in [4.69, 9.17) is 5.11 Å². The number of likely N-dealkylation sites (N-methyl/N-ethyl adjacent to an activating group) is 2. The predicted octanol–water partition coefficient (Wildman–Crippen LogP) is -0.262.